The van der Waals surface area contributed by atoms with E-state index in [1.807, 2.05) is 37.3 Å². The van der Waals surface area contributed by atoms with E-state index in [4.69, 9.17) is 4.74 Å². The zero-order chi connectivity index (χ0) is 19.3. The van der Waals surface area contributed by atoms with Crippen molar-refractivity contribution < 1.29 is 17.9 Å². The van der Waals surface area contributed by atoms with E-state index in [1.165, 1.54) is 8.61 Å². The van der Waals surface area contributed by atoms with Gasteiger partial charge in [-0.25, -0.2) is 0 Å². The molecule has 8 heteroatoms. The predicted octanol–water partition coefficient (Wildman–Crippen LogP) is 2.09. The Hall–Kier alpha value is -2.42. The van der Waals surface area contributed by atoms with Crippen LogP contribution in [0.5, 0.6) is 5.75 Å². The van der Waals surface area contributed by atoms with Gasteiger partial charge < -0.3 is 10.1 Å². The van der Waals surface area contributed by atoms with Crippen LogP contribution in [-0.2, 0) is 21.5 Å². The Morgan fingerprint density at radius 3 is 2.37 bits per heavy atom. The summed E-state index contributed by atoms with van der Waals surface area (Å²) in [5.74, 6) is 0.346. The number of hydrogen-bond acceptors (Lipinski definition) is 4. The number of carbonyl (C=O) groups is 1. The third kappa shape index (κ3) is 4.85. The third-order valence-corrected chi connectivity index (χ3v) is 6.15. The van der Waals surface area contributed by atoms with Crippen LogP contribution in [-0.4, -0.2) is 49.2 Å². The average molecular weight is 389 g/mol. The van der Waals surface area contributed by atoms with E-state index in [9.17, 15) is 13.2 Å². The van der Waals surface area contributed by atoms with Gasteiger partial charge in [-0.15, -0.1) is 0 Å². The van der Waals surface area contributed by atoms with Crippen molar-refractivity contribution in [1.82, 2.24) is 8.61 Å². The molecule has 1 aliphatic rings. The maximum Gasteiger partial charge on any atom is 0.282 e. The maximum absolute atomic E-state index is 12.7. The van der Waals surface area contributed by atoms with Crippen molar-refractivity contribution in [1.29, 1.82) is 0 Å². The molecule has 1 amide bonds. The molecular formula is C19H23N3O4S. The molecule has 27 heavy (non-hydrogen) atoms. The Bertz CT molecular complexity index is 870. The minimum Gasteiger partial charge on any atom is -0.494 e. The van der Waals surface area contributed by atoms with E-state index >= 15 is 0 Å². The van der Waals surface area contributed by atoms with Crippen LogP contribution < -0.4 is 10.1 Å². The Kier molecular flexibility index (Phi) is 6.10. The fourth-order valence-corrected chi connectivity index (χ4v) is 4.43. The van der Waals surface area contributed by atoms with Gasteiger partial charge in [0.25, 0.3) is 10.2 Å². The lowest BCUT2D eigenvalue weighted by molar-refractivity contribution is -0.116. The summed E-state index contributed by atoms with van der Waals surface area (Å²) in [4.78, 5) is 12.3. The quantitative estimate of drug-likeness (QED) is 0.786. The number of nitrogens with one attached hydrogen (secondary N) is 1. The van der Waals surface area contributed by atoms with E-state index in [-0.39, 0.29) is 12.5 Å². The lowest BCUT2D eigenvalue weighted by Gasteiger charge is -2.18. The Morgan fingerprint density at radius 1 is 1.04 bits per heavy atom. The summed E-state index contributed by atoms with van der Waals surface area (Å²) in [6.45, 7) is 3.23. The number of amides is 1. The molecule has 0 bridgehead atoms. The summed E-state index contributed by atoms with van der Waals surface area (Å²) >= 11 is 0. The standard InChI is InChI=1S/C19H23N3O4S/c1-2-26-18-10-8-17(9-11-18)20-19(23)15-22-13-12-21(27(22,24)25)14-16-6-4-3-5-7-16/h3-11H,2,12-15H2,1H3,(H,20,23). The van der Waals surface area contributed by atoms with E-state index in [0.717, 1.165) is 5.56 Å². The van der Waals surface area contributed by atoms with Gasteiger partial charge in [0.05, 0.1) is 13.2 Å². The molecule has 1 N–H and O–H groups in total. The molecule has 1 saturated heterocycles. The summed E-state index contributed by atoms with van der Waals surface area (Å²) < 4.78 is 33.3. The monoisotopic (exact) mass is 389 g/mol. The highest BCUT2D eigenvalue weighted by atomic mass is 32.2. The van der Waals surface area contributed by atoms with Crippen molar-refractivity contribution in [3.8, 4) is 5.75 Å². The second-order valence-corrected chi connectivity index (χ2v) is 8.09. The summed E-state index contributed by atoms with van der Waals surface area (Å²) in [5, 5.41) is 2.72. The Balaban J connectivity index is 1.58. The highest BCUT2D eigenvalue weighted by molar-refractivity contribution is 7.87. The summed E-state index contributed by atoms with van der Waals surface area (Å²) in [5.41, 5.74) is 1.52. The molecular weight excluding hydrogens is 366 g/mol. The first-order valence-electron chi connectivity index (χ1n) is 8.81. The first-order valence-corrected chi connectivity index (χ1v) is 10.2. The number of anilines is 1. The maximum atomic E-state index is 12.7. The molecule has 0 aromatic heterocycles. The predicted molar refractivity (Wildman–Crippen MR) is 104 cm³/mol. The van der Waals surface area contributed by atoms with Gasteiger partial charge in [0.2, 0.25) is 5.91 Å². The number of hydrogen-bond donors (Lipinski definition) is 1. The zero-order valence-corrected chi connectivity index (χ0v) is 16.0. The van der Waals surface area contributed by atoms with Gasteiger partial charge in [-0.3, -0.25) is 4.79 Å². The van der Waals surface area contributed by atoms with Crippen molar-refractivity contribution >= 4 is 21.8 Å². The molecule has 7 nitrogen and oxygen atoms in total. The minimum atomic E-state index is -3.64. The summed E-state index contributed by atoms with van der Waals surface area (Å²) in [7, 11) is -3.64. The van der Waals surface area contributed by atoms with E-state index in [0.29, 0.717) is 37.7 Å². The SMILES string of the molecule is CCOc1ccc(NC(=O)CN2CCN(Cc3ccccc3)S2(=O)=O)cc1. The number of benzene rings is 2. The molecule has 2 aromatic rings. The van der Waals surface area contributed by atoms with Crippen LogP contribution in [0, 0.1) is 0 Å². The minimum absolute atomic E-state index is 0.208. The molecule has 1 fully saturated rings. The molecule has 0 aliphatic carbocycles. The van der Waals surface area contributed by atoms with E-state index < -0.39 is 10.2 Å². The first kappa shape index (κ1) is 19.3. The number of ether oxygens (including phenoxy) is 1. The van der Waals surface area contributed by atoms with Gasteiger partial charge in [0.15, 0.2) is 0 Å². The fourth-order valence-electron chi connectivity index (χ4n) is 2.89. The Morgan fingerprint density at radius 2 is 1.70 bits per heavy atom. The van der Waals surface area contributed by atoms with Gasteiger partial charge in [0.1, 0.15) is 5.75 Å². The fraction of sp³-hybridized carbons (Fsp3) is 0.316. The summed E-state index contributed by atoms with van der Waals surface area (Å²) in [6.07, 6.45) is 0. The molecule has 0 saturated carbocycles. The van der Waals surface area contributed by atoms with Crippen molar-refractivity contribution in [3.63, 3.8) is 0 Å². The summed E-state index contributed by atoms with van der Waals surface area (Å²) in [6, 6.07) is 16.4. The molecule has 0 unspecified atom stereocenters. The second-order valence-electron chi connectivity index (χ2n) is 6.17. The van der Waals surface area contributed by atoms with Crippen LogP contribution in [0.4, 0.5) is 5.69 Å². The van der Waals surface area contributed by atoms with Gasteiger partial charge in [-0.2, -0.15) is 17.0 Å². The van der Waals surface area contributed by atoms with Crippen molar-refractivity contribution in [3.05, 3.63) is 60.2 Å². The van der Waals surface area contributed by atoms with Gasteiger partial charge in [0, 0.05) is 25.3 Å². The Labute approximate surface area is 159 Å². The first-order chi connectivity index (χ1) is 13.0. The number of rotatable bonds is 7. The molecule has 144 valence electrons. The third-order valence-electron chi connectivity index (χ3n) is 4.22. The lowest BCUT2D eigenvalue weighted by atomic mass is 10.2. The van der Waals surface area contributed by atoms with Crippen LogP contribution in [0.2, 0.25) is 0 Å². The zero-order valence-electron chi connectivity index (χ0n) is 15.2. The van der Waals surface area contributed by atoms with Crippen molar-refractivity contribution in [2.75, 3.05) is 31.6 Å². The van der Waals surface area contributed by atoms with Crippen molar-refractivity contribution in [2.45, 2.75) is 13.5 Å². The van der Waals surface area contributed by atoms with Gasteiger partial charge >= 0.3 is 0 Å². The molecule has 1 heterocycles. The largest absolute Gasteiger partial charge is 0.494 e. The van der Waals surface area contributed by atoms with Crippen molar-refractivity contribution in [2.24, 2.45) is 0 Å². The molecule has 1 aliphatic heterocycles. The molecule has 2 aromatic carbocycles. The highest BCUT2D eigenvalue weighted by Gasteiger charge is 2.37. The smallest absolute Gasteiger partial charge is 0.282 e. The second kappa shape index (κ2) is 8.51. The van der Waals surface area contributed by atoms with E-state index in [1.54, 1.807) is 24.3 Å². The lowest BCUT2D eigenvalue weighted by Crippen LogP contribution is -2.37. The molecule has 3 rings (SSSR count). The van der Waals surface area contributed by atoms with E-state index in [2.05, 4.69) is 5.32 Å². The number of carbonyl (C=O) groups excluding carboxylic acids is 1. The average Bonchev–Trinajstić information content (AvgIpc) is 2.92. The normalized spacial score (nSPS) is 16.9. The molecule has 0 atom stereocenters. The molecule has 0 spiro atoms. The van der Waals surface area contributed by atoms with Gasteiger partial charge in [-0.05, 0) is 36.8 Å². The van der Waals surface area contributed by atoms with Crippen LogP contribution in [0.15, 0.2) is 54.6 Å². The van der Waals surface area contributed by atoms with Crippen LogP contribution in [0.25, 0.3) is 0 Å². The molecule has 0 radical (unpaired) electrons. The van der Waals surface area contributed by atoms with Crippen LogP contribution in [0.1, 0.15) is 12.5 Å². The topological polar surface area (TPSA) is 79.0 Å². The van der Waals surface area contributed by atoms with Gasteiger partial charge in [-0.1, -0.05) is 30.3 Å². The highest BCUT2D eigenvalue weighted by Crippen LogP contribution is 2.20. The van der Waals surface area contributed by atoms with Crippen LogP contribution >= 0.6 is 0 Å². The van der Waals surface area contributed by atoms with Crippen LogP contribution in [0.3, 0.4) is 0 Å². The number of nitrogens with zero attached hydrogens (tertiary/aromatic N) is 2.